The van der Waals surface area contributed by atoms with Crippen LogP contribution in [0.25, 0.3) is 0 Å². The van der Waals surface area contributed by atoms with Crippen molar-refractivity contribution in [1.82, 2.24) is 4.90 Å². The van der Waals surface area contributed by atoms with E-state index in [1.54, 1.807) is 7.11 Å². The molecule has 3 nitrogen and oxygen atoms in total. The first-order chi connectivity index (χ1) is 9.69. The monoisotopic (exact) mass is 338 g/mol. The SMILES string of the molecule is COc1cc(N2CC3CCCCN3CC2C)ccc1Br. The summed E-state index contributed by atoms with van der Waals surface area (Å²) in [6, 6.07) is 7.74. The van der Waals surface area contributed by atoms with Crippen LogP contribution in [-0.2, 0) is 0 Å². The molecule has 0 amide bonds. The van der Waals surface area contributed by atoms with Gasteiger partial charge in [0, 0.05) is 36.9 Å². The van der Waals surface area contributed by atoms with Crippen LogP contribution in [0.5, 0.6) is 5.75 Å². The topological polar surface area (TPSA) is 15.7 Å². The minimum atomic E-state index is 0.565. The number of rotatable bonds is 2. The molecule has 0 N–H and O–H groups in total. The number of halogens is 1. The Labute approximate surface area is 130 Å². The summed E-state index contributed by atoms with van der Waals surface area (Å²) >= 11 is 3.53. The molecule has 2 aliphatic heterocycles. The van der Waals surface area contributed by atoms with E-state index in [0.29, 0.717) is 6.04 Å². The Kier molecular flexibility index (Phi) is 4.22. The van der Waals surface area contributed by atoms with E-state index in [1.807, 2.05) is 0 Å². The van der Waals surface area contributed by atoms with Gasteiger partial charge in [0.25, 0.3) is 0 Å². The third kappa shape index (κ3) is 2.68. The predicted octanol–water partition coefficient (Wildman–Crippen LogP) is 3.52. The second-order valence-electron chi connectivity index (χ2n) is 5.96. The number of nitrogens with zero attached hydrogens (tertiary/aromatic N) is 2. The molecular formula is C16H23BrN2O. The summed E-state index contributed by atoms with van der Waals surface area (Å²) in [6.45, 7) is 5.95. The molecule has 0 bridgehead atoms. The lowest BCUT2D eigenvalue weighted by Crippen LogP contribution is -2.58. The third-order valence-electron chi connectivity index (χ3n) is 4.65. The van der Waals surface area contributed by atoms with E-state index < -0.39 is 0 Å². The summed E-state index contributed by atoms with van der Waals surface area (Å²) < 4.78 is 6.46. The van der Waals surface area contributed by atoms with Gasteiger partial charge < -0.3 is 9.64 Å². The molecule has 0 aromatic heterocycles. The minimum absolute atomic E-state index is 0.565. The highest BCUT2D eigenvalue weighted by molar-refractivity contribution is 9.10. The van der Waals surface area contributed by atoms with Crippen molar-refractivity contribution in [2.75, 3.05) is 31.6 Å². The number of hydrogen-bond donors (Lipinski definition) is 0. The summed E-state index contributed by atoms with van der Waals surface area (Å²) in [5.41, 5.74) is 1.28. The maximum atomic E-state index is 5.43. The molecule has 1 aromatic carbocycles. The molecule has 2 heterocycles. The summed E-state index contributed by atoms with van der Waals surface area (Å²) in [6.07, 6.45) is 4.10. The number of anilines is 1. The lowest BCUT2D eigenvalue weighted by atomic mass is 9.96. The van der Waals surface area contributed by atoms with E-state index >= 15 is 0 Å². The van der Waals surface area contributed by atoms with Gasteiger partial charge in [-0.15, -0.1) is 0 Å². The van der Waals surface area contributed by atoms with Crippen molar-refractivity contribution in [2.45, 2.75) is 38.3 Å². The molecule has 0 saturated carbocycles. The molecule has 1 aromatic rings. The van der Waals surface area contributed by atoms with Gasteiger partial charge in [-0.05, 0) is 54.4 Å². The van der Waals surface area contributed by atoms with E-state index in [-0.39, 0.29) is 0 Å². The smallest absolute Gasteiger partial charge is 0.135 e. The highest BCUT2D eigenvalue weighted by Crippen LogP contribution is 2.33. The second-order valence-corrected chi connectivity index (χ2v) is 6.82. The van der Waals surface area contributed by atoms with Crippen LogP contribution < -0.4 is 9.64 Å². The summed E-state index contributed by atoms with van der Waals surface area (Å²) in [5, 5.41) is 0. The maximum absolute atomic E-state index is 5.43. The van der Waals surface area contributed by atoms with Crippen molar-refractivity contribution in [3.8, 4) is 5.75 Å². The van der Waals surface area contributed by atoms with Gasteiger partial charge in [-0.1, -0.05) is 6.42 Å². The molecule has 0 radical (unpaired) electrons. The Balaban J connectivity index is 1.82. The average molecular weight is 339 g/mol. The zero-order valence-electron chi connectivity index (χ0n) is 12.3. The normalized spacial score (nSPS) is 27.2. The number of benzene rings is 1. The van der Waals surface area contributed by atoms with E-state index in [0.717, 1.165) is 22.8 Å². The van der Waals surface area contributed by atoms with Gasteiger partial charge >= 0.3 is 0 Å². The Morgan fingerprint density at radius 3 is 2.90 bits per heavy atom. The molecule has 0 aliphatic carbocycles. The number of methoxy groups -OCH3 is 1. The van der Waals surface area contributed by atoms with E-state index in [4.69, 9.17) is 4.74 Å². The third-order valence-corrected chi connectivity index (χ3v) is 5.31. The van der Waals surface area contributed by atoms with Crippen LogP contribution in [-0.4, -0.2) is 43.7 Å². The van der Waals surface area contributed by atoms with Crippen LogP contribution in [0, 0.1) is 0 Å². The van der Waals surface area contributed by atoms with Crippen molar-refractivity contribution >= 4 is 21.6 Å². The lowest BCUT2D eigenvalue weighted by Gasteiger charge is -2.48. The van der Waals surface area contributed by atoms with Crippen molar-refractivity contribution in [1.29, 1.82) is 0 Å². The molecule has 2 atom stereocenters. The van der Waals surface area contributed by atoms with Gasteiger partial charge in [-0.3, -0.25) is 4.90 Å². The Hall–Kier alpha value is -0.740. The fraction of sp³-hybridized carbons (Fsp3) is 0.625. The summed E-state index contributed by atoms with van der Waals surface area (Å²) in [4.78, 5) is 5.22. The molecule has 2 unspecified atom stereocenters. The highest BCUT2D eigenvalue weighted by atomic mass is 79.9. The largest absolute Gasteiger partial charge is 0.495 e. The zero-order chi connectivity index (χ0) is 14.1. The van der Waals surface area contributed by atoms with Gasteiger partial charge in [0.1, 0.15) is 5.75 Å². The van der Waals surface area contributed by atoms with Gasteiger partial charge in [-0.25, -0.2) is 0 Å². The molecular weight excluding hydrogens is 316 g/mol. The average Bonchev–Trinajstić information content (AvgIpc) is 2.47. The quantitative estimate of drug-likeness (QED) is 0.820. The minimum Gasteiger partial charge on any atom is -0.495 e. The first-order valence-electron chi connectivity index (χ1n) is 7.53. The molecule has 2 fully saturated rings. The van der Waals surface area contributed by atoms with Crippen LogP contribution >= 0.6 is 15.9 Å². The molecule has 4 heteroatoms. The number of piperazine rings is 1. The van der Waals surface area contributed by atoms with E-state index in [9.17, 15) is 0 Å². The molecule has 2 aliphatic rings. The van der Waals surface area contributed by atoms with Crippen molar-refractivity contribution in [2.24, 2.45) is 0 Å². The van der Waals surface area contributed by atoms with Gasteiger partial charge in [0.15, 0.2) is 0 Å². The zero-order valence-corrected chi connectivity index (χ0v) is 13.9. The Morgan fingerprint density at radius 1 is 1.25 bits per heavy atom. The van der Waals surface area contributed by atoms with Gasteiger partial charge in [0.2, 0.25) is 0 Å². The Morgan fingerprint density at radius 2 is 2.10 bits per heavy atom. The van der Waals surface area contributed by atoms with Crippen LogP contribution in [0.15, 0.2) is 22.7 Å². The molecule has 20 heavy (non-hydrogen) atoms. The second kappa shape index (κ2) is 5.94. The first kappa shape index (κ1) is 14.2. The number of fused-ring (bicyclic) bond motifs is 1. The highest BCUT2D eigenvalue weighted by Gasteiger charge is 2.33. The number of ether oxygens (including phenoxy) is 1. The first-order valence-corrected chi connectivity index (χ1v) is 8.32. The van der Waals surface area contributed by atoms with Crippen molar-refractivity contribution in [3.05, 3.63) is 22.7 Å². The lowest BCUT2D eigenvalue weighted by molar-refractivity contribution is 0.115. The number of piperidine rings is 1. The van der Waals surface area contributed by atoms with E-state index in [1.165, 1.54) is 38.0 Å². The van der Waals surface area contributed by atoms with Crippen LogP contribution in [0.1, 0.15) is 26.2 Å². The van der Waals surface area contributed by atoms with Crippen molar-refractivity contribution in [3.63, 3.8) is 0 Å². The van der Waals surface area contributed by atoms with Gasteiger partial charge in [0.05, 0.1) is 11.6 Å². The fourth-order valence-electron chi connectivity index (χ4n) is 3.54. The van der Waals surface area contributed by atoms with E-state index in [2.05, 4.69) is 50.9 Å². The van der Waals surface area contributed by atoms with Crippen molar-refractivity contribution < 1.29 is 4.74 Å². The van der Waals surface area contributed by atoms with Crippen LogP contribution in [0.3, 0.4) is 0 Å². The summed E-state index contributed by atoms with van der Waals surface area (Å²) in [5.74, 6) is 0.917. The van der Waals surface area contributed by atoms with Crippen LogP contribution in [0.2, 0.25) is 0 Å². The van der Waals surface area contributed by atoms with Crippen LogP contribution in [0.4, 0.5) is 5.69 Å². The molecule has 3 rings (SSSR count). The molecule has 110 valence electrons. The van der Waals surface area contributed by atoms with Gasteiger partial charge in [-0.2, -0.15) is 0 Å². The number of hydrogen-bond acceptors (Lipinski definition) is 3. The fourth-order valence-corrected chi connectivity index (χ4v) is 3.95. The Bertz CT molecular complexity index is 480. The molecule has 2 saturated heterocycles. The predicted molar refractivity (Wildman–Crippen MR) is 86.7 cm³/mol. The standard InChI is InChI=1S/C16H23BrN2O/c1-12-10-18-8-4-3-5-14(18)11-19(12)13-6-7-15(17)16(9-13)20-2/h6-7,9,12,14H,3-5,8,10-11H2,1-2H3. The molecule has 0 spiro atoms. The summed E-state index contributed by atoms with van der Waals surface area (Å²) in [7, 11) is 1.73. The maximum Gasteiger partial charge on any atom is 0.135 e.